The van der Waals surface area contributed by atoms with Gasteiger partial charge in [0, 0.05) is 19.6 Å². The van der Waals surface area contributed by atoms with Crippen molar-refractivity contribution in [3.05, 3.63) is 42.0 Å². The highest BCUT2D eigenvalue weighted by molar-refractivity contribution is 14.0. The van der Waals surface area contributed by atoms with Gasteiger partial charge in [-0.05, 0) is 45.4 Å². The Balaban J connectivity index is 0.00000392. The van der Waals surface area contributed by atoms with Crippen LogP contribution < -0.4 is 15.4 Å². The summed E-state index contributed by atoms with van der Waals surface area (Å²) in [4.78, 5) is 4.52. The molecule has 2 rings (SSSR count). The summed E-state index contributed by atoms with van der Waals surface area (Å²) in [6.45, 7) is 10.2. The zero-order chi connectivity index (χ0) is 19.6. The molecule has 0 amide bonds. The molecule has 1 aromatic carbocycles. The molecule has 9 heteroatoms. The van der Waals surface area contributed by atoms with Gasteiger partial charge in [0.15, 0.2) is 11.8 Å². The number of nitrogens with zero attached hydrogens (tertiary/aromatic N) is 4. The second-order valence-corrected chi connectivity index (χ2v) is 6.36. The van der Waals surface area contributed by atoms with Gasteiger partial charge in [0.25, 0.3) is 0 Å². The molecular formula is C19H31IN6O2. The molecule has 1 heterocycles. The maximum atomic E-state index is 10.5. The van der Waals surface area contributed by atoms with Crippen LogP contribution in [0.1, 0.15) is 45.2 Å². The third-order valence-electron chi connectivity index (χ3n) is 3.84. The summed E-state index contributed by atoms with van der Waals surface area (Å²) in [5.41, 5.74) is 0.794. The molecule has 28 heavy (non-hydrogen) atoms. The van der Waals surface area contributed by atoms with Crippen molar-refractivity contribution in [1.82, 2.24) is 25.4 Å². The maximum Gasteiger partial charge on any atom is 0.191 e. The van der Waals surface area contributed by atoms with E-state index in [0.29, 0.717) is 19.0 Å². The fraction of sp³-hybridized carbons (Fsp3) is 0.526. The molecule has 0 aliphatic rings. The Bertz CT molecular complexity index is 735. The monoisotopic (exact) mass is 502 g/mol. The first-order chi connectivity index (χ1) is 13.0. The van der Waals surface area contributed by atoms with E-state index in [4.69, 9.17) is 4.74 Å². The molecule has 0 aliphatic heterocycles. The lowest BCUT2D eigenvalue weighted by Crippen LogP contribution is -2.39. The number of hydrogen-bond acceptors (Lipinski definition) is 5. The van der Waals surface area contributed by atoms with Crippen molar-refractivity contribution >= 4 is 29.9 Å². The second-order valence-electron chi connectivity index (χ2n) is 6.36. The number of aromatic nitrogens is 3. The summed E-state index contributed by atoms with van der Waals surface area (Å²) in [5, 5.41) is 24.8. The van der Waals surface area contributed by atoms with Crippen LogP contribution in [0.2, 0.25) is 0 Å². The van der Waals surface area contributed by atoms with Crippen LogP contribution in [-0.4, -0.2) is 45.0 Å². The summed E-state index contributed by atoms with van der Waals surface area (Å²) in [6.07, 6.45) is 1.11. The van der Waals surface area contributed by atoms with Gasteiger partial charge >= 0.3 is 0 Å². The predicted molar refractivity (Wildman–Crippen MR) is 121 cm³/mol. The van der Waals surface area contributed by atoms with Gasteiger partial charge in [0.1, 0.15) is 18.6 Å². The zero-order valence-electron chi connectivity index (χ0n) is 16.9. The van der Waals surface area contributed by atoms with Crippen LogP contribution in [0, 0.1) is 0 Å². The largest absolute Gasteiger partial charge is 0.491 e. The van der Waals surface area contributed by atoms with E-state index in [-0.39, 0.29) is 30.1 Å². The fourth-order valence-corrected chi connectivity index (χ4v) is 2.54. The topological polar surface area (TPSA) is 96.6 Å². The minimum Gasteiger partial charge on any atom is -0.491 e. The molecule has 0 saturated heterocycles. The first-order valence-corrected chi connectivity index (χ1v) is 9.37. The lowest BCUT2D eigenvalue weighted by atomic mass is 10.1. The van der Waals surface area contributed by atoms with E-state index >= 15 is 0 Å². The van der Waals surface area contributed by atoms with Gasteiger partial charge in [-0.2, -0.15) is 0 Å². The van der Waals surface area contributed by atoms with Gasteiger partial charge in [-0.3, -0.25) is 0 Å². The molecule has 1 aromatic heterocycles. The zero-order valence-corrected chi connectivity index (χ0v) is 19.3. The number of nitrogens with one attached hydrogen (secondary N) is 2. The highest BCUT2D eigenvalue weighted by atomic mass is 127. The number of guanidine groups is 1. The number of hydrogen-bond donors (Lipinski definition) is 3. The van der Waals surface area contributed by atoms with Crippen LogP contribution in [0.4, 0.5) is 0 Å². The number of halogens is 1. The second kappa shape index (κ2) is 12.6. The molecule has 0 radical (unpaired) electrons. The quantitative estimate of drug-likeness (QED) is 0.277. The number of aryl methyl sites for hydroxylation is 1. The third-order valence-corrected chi connectivity index (χ3v) is 3.84. The van der Waals surface area contributed by atoms with Gasteiger partial charge in [-0.25, -0.2) is 4.99 Å². The lowest BCUT2D eigenvalue weighted by Gasteiger charge is -2.17. The number of rotatable bonds is 9. The van der Waals surface area contributed by atoms with Crippen molar-refractivity contribution in [3.8, 4) is 5.75 Å². The standard InChI is InChI=1S/C19H30N6O2.HI/c1-5-20-19(22-12-18-24-23-13-25(18)6-2)21-11-17(26)15-8-7-9-16(10-15)27-14(3)4;/h7-10,13-14,17,26H,5-6,11-12H2,1-4H3,(H2,20,21,22);1H. The van der Waals surface area contributed by atoms with E-state index in [2.05, 4.69) is 25.8 Å². The van der Waals surface area contributed by atoms with E-state index < -0.39 is 6.10 Å². The molecule has 1 unspecified atom stereocenters. The van der Waals surface area contributed by atoms with Crippen molar-refractivity contribution in [1.29, 1.82) is 0 Å². The third kappa shape index (κ3) is 7.63. The highest BCUT2D eigenvalue weighted by Crippen LogP contribution is 2.19. The van der Waals surface area contributed by atoms with Crippen LogP contribution in [0.5, 0.6) is 5.75 Å². The smallest absolute Gasteiger partial charge is 0.191 e. The summed E-state index contributed by atoms with van der Waals surface area (Å²) in [6, 6.07) is 7.51. The van der Waals surface area contributed by atoms with Gasteiger partial charge in [0.05, 0.1) is 12.2 Å². The van der Waals surface area contributed by atoms with E-state index in [1.165, 1.54) is 0 Å². The number of aliphatic hydroxyl groups excluding tert-OH is 1. The van der Waals surface area contributed by atoms with E-state index in [9.17, 15) is 5.11 Å². The molecule has 0 saturated carbocycles. The maximum absolute atomic E-state index is 10.5. The van der Waals surface area contributed by atoms with Gasteiger partial charge in [0.2, 0.25) is 0 Å². The molecule has 156 valence electrons. The summed E-state index contributed by atoms with van der Waals surface area (Å²) in [5.74, 6) is 2.17. The number of aliphatic imine (C=N–C) groups is 1. The molecular weight excluding hydrogens is 471 g/mol. The highest BCUT2D eigenvalue weighted by Gasteiger charge is 2.10. The van der Waals surface area contributed by atoms with Crippen LogP contribution in [0.3, 0.4) is 0 Å². The molecule has 0 aliphatic carbocycles. The number of benzene rings is 1. The van der Waals surface area contributed by atoms with E-state index in [1.54, 1.807) is 6.33 Å². The Hall–Kier alpha value is -1.88. The molecule has 0 spiro atoms. The van der Waals surface area contributed by atoms with Crippen molar-refractivity contribution in [2.24, 2.45) is 4.99 Å². The molecule has 0 fully saturated rings. The Morgan fingerprint density at radius 2 is 2.07 bits per heavy atom. The van der Waals surface area contributed by atoms with E-state index in [0.717, 1.165) is 30.2 Å². The first kappa shape index (κ1) is 24.2. The van der Waals surface area contributed by atoms with Crippen LogP contribution in [-0.2, 0) is 13.1 Å². The molecule has 0 bridgehead atoms. The molecule has 2 aromatic rings. The average Bonchev–Trinajstić information content (AvgIpc) is 3.11. The van der Waals surface area contributed by atoms with Crippen molar-refractivity contribution in [2.45, 2.75) is 53.0 Å². The fourth-order valence-electron chi connectivity index (χ4n) is 2.54. The van der Waals surface area contributed by atoms with Gasteiger partial charge in [-0.1, -0.05) is 12.1 Å². The predicted octanol–water partition coefficient (Wildman–Crippen LogP) is 2.49. The lowest BCUT2D eigenvalue weighted by molar-refractivity contribution is 0.179. The van der Waals surface area contributed by atoms with Crippen molar-refractivity contribution < 1.29 is 9.84 Å². The SMILES string of the molecule is CCNC(=NCc1nncn1CC)NCC(O)c1cccc(OC(C)C)c1.I. The van der Waals surface area contributed by atoms with Crippen LogP contribution >= 0.6 is 24.0 Å². The van der Waals surface area contributed by atoms with E-state index in [1.807, 2.05) is 56.5 Å². The van der Waals surface area contributed by atoms with Crippen molar-refractivity contribution in [3.63, 3.8) is 0 Å². The Kier molecular flexibility index (Phi) is 10.8. The Labute approximate surface area is 183 Å². The summed E-state index contributed by atoms with van der Waals surface area (Å²) in [7, 11) is 0. The number of ether oxygens (including phenoxy) is 1. The van der Waals surface area contributed by atoms with Gasteiger partial charge in [-0.15, -0.1) is 34.2 Å². The normalized spacial score (nSPS) is 12.4. The van der Waals surface area contributed by atoms with Crippen LogP contribution in [0.25, 0.3) is 0 Å². The average molecular weight is 502 g/mol. The summed E-state index contributed by atoms with van der Waals surface area (Å²) < 4.78 is 7.63. The van der Waals surface area contributed by atoms with Crippen molar-refractivity contribution in [2.75, 3.05) is 13.1 Å². The minimum absolute atomic E-state index is 0. The molecule has 8 nitrogen and oxygen atoms in total. The van der Waals surface area contributed by atoms with Gasteiger partial charge < -0.3 is 25.0 Å². The van der Waals surface area contributed by atoms with Crippen LogP contribution in [0.15, 0.2) is 35.6 Å². The Morgan fingerprint density at radius 1 is 1.29 bits per heavy atom. The Morgan fingerprint density at radius 3 is 2.75 bits per heavy atom. The molecule has 3 N–H and O–H groups in total. The summed E-state index contributed by atoms with van der Waals surface area (Å²) >= 11 is 0. The molecule has 1 atom stereocenters. The minimum atomic E-state index is -0.677. The first-order valence-electron chi connectivity index (χ1n) is 9.37. The number of aliphatic hydroxyl groups is 1.